The third-order valence-electron chi connectivity index (χ3n) is 4.01. The number of nitrogens with zero attached hydrogens (tertiary/aromatic N) is 1. The summed E-state index contributed by atoms with van der Waals surface area (Å²) in [6.07, 6.45) is 1.00. The third kappa shape index (κ3) is 3.55. The number of benzene rings is 1. The predicted octanol–water partition coefficient (Wildman–Crippen LogP) is 2.75. The molecule has 1 heterocycles. The van der Waals surface area contributed by atoms with Gasteiger partial charge in [0.25, 0.3) is 5.91 Å². The summed E-state index contributed by atoms with van der Waals surface area (Å²) in [4.78, 5) is 14.4. The summed E-state index contributed by atoms with van der Waals surface area (Å²) in [5.74, 6) is 2.27. The molecule has 1 aromatic rings. The molecule has 0 aromatic heterocycles. The number of carbonyl (C=O) groups is 1. The average molecular weight is 292 g/mol. The van der Waals surface area contributed by atoms with Gasteiger partial charge in [0.15, 0.2) is 0 Å². The minimum atomic E-state index is 0.0906. The Hall–Kier alpha value is -1.00. The second-order valence-electron chi connectivity index (χ2n) is 5.83. The molecule has 2 N–H and O–H groups in total. The van der Waals surface area contributed by atoms with Crippen LogP contribution in [-0.2, 0) is 5.75 Å². The van der Waals surface area contributed by atoms with Crippen molar-refractivity contribution < 1.29 is 4.79 Å². The van der Waals surface area contributed by atoms with E-state index in [-0.39, 0.29) is 11.3 Å². The fourth-order valence-corrected chi connectivity index (χ4v) is 3.14. The number of hydrogen-bond acceptors (Lipinski definition) is 3. The van der Waals surface area contributed by atoms with Gasteiger partial charge in [-0.3, -0.25) is 4.79 Å². The van der Waals surface area contributed by atoms with Crippen LogP contribution in [0.25, 0.3) is 0 Å². The van der Waals surface area contributed by atoms with Crippen LogP contribution < -0.4 is 5.73 Å². The van der Waals surface area contributed by atoms with Crippen LogP contribution in [0.5, 0.6) is 0 Å². The van der Waals surface area contributed by atoms with Gasteiger partial charge < -0.3 is 10.6 Å². The highest BCUT2D eigenvalue weighted by atomic mass is 32.2. The number of nitrogens with two attached hydrogens (primary N) is 1. The molecule has 1 fully saturated rings. The summed E-state index contributed by atoms with van der Waals surface area (Å²) in [6.45, 7) is 6.55. The molecular formula is C16H24N2OS. The highest BCUT2D eigenvalue weighted by Crippen LogP contribution is 2.29. The average Bonchev–Trinajstić information content (AvgIpc) is 2.88. The number of hydrogen-bond donors (Lipinski definition) is 1. The molecule has 4 heteroatoms. The van der Waals surface area contributed by atoms with E-state index in [0.29, 0.717) is 6.54 Å². The Balaban J connectivity index is 1.99. The molecule has 0 bridgehead atoms. The van der Waals surface area contributed by atoms with E-state index in [9.17, 15) is 4.79 Å². The van der Waals surface area contributed by atoms with E-state index < -0.39 is 0 Å². The smallest absolute Gasteiger partial charge is 0.253 e. The summed E-state index contributed by atoms with van der Waals surface area (Å²) in [7, 11) is 0. The summed E-state index contributed by atoms with van der Waals surface area (Å²) in [5, 5.41) is 0. The van der Waals surface area contributed by atoms with Crippen molar-refractivity contribution in [3.05, 3.63) is 35.4 Å². The molecule has 0 aliphatic carbocycles. The van der Waals surface area contributed by atoms with Crippen molar-refractivity contribution >= 4 is 17.7 Å². The van der Waals surface area contributed by atoms with Gasteiger partial charge in [0.1, 0.15) is 0 Å². The lowest BCUT2D eigenvalue weighted by Crippen LogP contribution is -2.34. The zero-order chi connectivity index (χ0) is 14.6. The highest BCUT2D eigenvalue weighted by Gasteiger charge is 2.35. The zero-order valence-corrected chi connectivity index (χ0v) is 13.2. The molecule has 1 aromatic carbocycles. The number of carbonyl (C=O) groups excluding carboxylic acids is 1. The maximum atomic E-state index is 12.5. The number of likely N-dealkylation sites (tertiary alicyclic amines) is 1. The Kier molecular flexibility index (Phi) is 5.11. The molecule has 1 amide bonds. The molecule has 0 spiro atoms. The fourth-order valence-electron chi connectivity index (χ4n) is 2.51. The maximum Gasteiger partial charge on any atom is 0.253 e. The summed E-state index contributed by atoms with van der Waals surface area (Å²) in [6, 6.07) is 8.03. The van der Waals surface area contributed by atoms with Crippen molar-refractivity contribution in [2.45, 2.75) is 26.0 Å². The van der Waals surface area contributed by atoms with Crippen molar-refractivity contribution in [1.29, 1.82) is 0 Å². The molecular weight excluding hydrogens is 268 g/mol. The molecule has 1 aliphatic rings. The Morgan fingerprint density at radius 1 is 1.40 bits per heavy atom. The van der Waals surface area contributed by atoms with Gasteiger partial charge in [-0.2, -0.15) is 11.8 Å². The molecule has 20 heavy (non-hydrogen) atoms. The van der Waals surface area contributed by atoms with Gasteiger partial charge in [0, 0.05) is 24.4 Å². The van der Waals surface area contributed by atoms with Gasteiger partial charge in [-0.25, -0.2) is 0 Å². The molecule has 1 aliphatic heterocycles. The minimum Gasteiger partial charge on any atom is -0.338 e. The fraction of sp³-hybridized carbons (Fsp3) is 0.562. The Bertz CT molecular complexity index is 460. The first-order valence-corrected chi connectivity index (χ1v) is 8.39. The number of amides is 1. The van der Waals surface area contributed by atoms with Crippen LogP contribution >= 0.6 is 11.8 Å². The summed E-state index contributed by atoms with van der Waals surface area (Å²) < 4.78 is 0. The lowest BCUT2D eigenvalue weighted by Gasteiger charge is -2.22. The van der Waals surface area contributed by atoms with Crippen LogP contribution in [-0.4, -0.2) is 36.2 Å². The number of thioether (sulfide) groups is 1. The molecule has 0 radical (unpaired) electrons. The van der Waals surface area contributed by atoms with E-state index in [2.05, 4.69) is 26.0 Å². The molecule has 0 saturated carbocycles. The standard InChI is InChI=1S/C16H24N2OS/c1-3-20-10-13-4-6-14(7-5-13)15(19)18-9-8-16(2,11-17)12-18/h4-7H,3,8-12,17H2,1-2H3. The van der Waals surface area contributed by atoms with E-state index in [4.69, 9.17) is 5.73 Å². The highest BCUT2D eigenvalue weighted by molar-refractivity contribution is 7.98. The quantitative estimate of drug-likeness (QED) is 0.907. The van der Waals surface area contributed by atoms with Crippen LogP contribution in [0.4, 0.5) is 0 Å². The van der Waals surface area contributed by atoms with Crippen LogP contribution in [0, 0.1) is 5.41 Å². The second-order valence-corrected chi connectivity index (χ2v) is 7.10. The molecule has 1 saturated heterocycles. The summed E-state index contributed by atoms with van der Waals surface area (Å²) >= 11 is 1.89. The van der Waals surface area contributed by atoms with E-state index in [0.717, 1.165) is 36.6 Å². The van der Waals surface area contributed by atoms with Crippen molar-refractivity contribution in [2.24, 2.45) is 11.1 Å². The lowest BCUT2D eigenvalue weighted by molar-refractivity contribution is 0.0777. The Morgan fingerprint density at radius 2 is 2.10 bits per heavy atom. The van der Waals surface area contributed by atoms with Gasteiger partial charge in [-0.05, 0) is 41.8 Å². The number of rotatable bonds is 5. The summed E-state index contributed by atoms with van der Waals surface area (Å²) in [5.41, 5.74) is 7.95. The van der Waals surface area contributed by atoms with Crippen molar-refractivity contribution in [3.8, 4) is 0 Å². The van der Waals surface area contributed by atoms with E-state index >= 15 is 0 Å². The third-order valence-corrected chi connectivity index (χ3v) is 4.96. The van der Waals surface area contributed by atoms with Gasteiger partial charge >= 0.3 is 0 Å². The molecule has 2 rings (SSSR count). The normalized spacial score (nSPS) is 22.2. The first-order valence-electron chi connectivity index (χ1n) is 7.24. The molecule has 110 valence electrons. The lowest BCUT2D eigenvalue weighted by atomic mass is 9.90. The second kappa shape index (κ2) is 6.64. The monoisotopic (exact) mass is 292 g/mol. The van der Waals surface area contributed by atoms with Gasteiger partial charge in [0.05, 0.1) is 0 Å². The zero-order valence-electron chi connectivity index (χ0n) is 12.4. The SMILES string of the molecule is CCSCc1ccc(C(=O)N2CCC(C)(CN)C2)cc1. The van der Waals surface area contributed by atoms with Gasteiger partial charge in [0.2, 0.25) is 0 Å². The van der Waals surface area contributed by atoms with Gasteiger partial charge in [-0.15, -0.1) is 0 Å². The molecule has 1 atom stereocenters. The van der Waals surface area contributed by atoms with Crippen molar-refractivity contribution in [2.75, 3.05) is 25.4 Å². The topological polar surface area (TPSA) is 46.3 Å². The van der Waals surface area contributed by atoms with Crippen LogP contribution in [0.2, 0.25) is 0 Å². The van der Waals surface area contributed by atoms with E-state index in [1.807, 2.05) is 28.8 Å². The maximum absolute atomic E-state index is 12.5. The van der Waals surface area contributed by atoms with Gasteiger partial charge in [-0.1, -0.05) is 26.0 Å². The molecule has 3 nitrogen and oxygen atoms in total. The predicted molar refractivity (Wildman–Crippen MR) is 86.0 cm³/mol. The van der Waals surface area contributed by atoms with Crippen LogP contribution in [0.1, 0.15) is 36.2 Å². The molecule has 1 unspecified atom stereocenters. The van der Waals surface area contributed by atoms with E-state index in [1.165, 1.54) is 5.56 Å². The van der Waals surface area contributed by atoms with Crippen molar-refractivity contribution in [3.63, 3.8) is 0 Å². The largest absolute Gasteiger partial charge is 0.338 e. The van der Waals surface area contributed by atoms with Crippen LogP contribution in [0.3, 0.4) is 0 Å². The first kappa shape index (κ1) is 15.4. The van der Waals surface area contributed by atoms with E-state index in [1.54, 1.807) is 0 Å². The first-order chi connectivity index (χ1) is 9.58. The Morgan fingerprint density at radius 3 is 2.65 bits per heavy atom. The van der Waals surface area contributed by atoms with Crippen LogP contribution in [0.15, 0.2) is 24.3 Å². The Labute approximate surface area is 125 Å². The van der Waals surface area contributed by atoms with Crippen molar-refractivity contribution in [1.82, 2.24) is 4.90 Å². The minimum absolute atomic E-state index is 0.0906.